The van der Waals surface area contributed by atoms with Gasteiger partial charge in [-0.3, -0.25) is 4.79 Å². The minimum Gasteiger partial charge on any atom is -0.507 e. The second-order valence-corrected chi connectivity index (χ2v) is 7.54. The van der Waals surface area contributed by atoms with Crippen molar-refractivity contribution in [2.24, 2.45) is 11.8 Å². The standard InChI is InChI=1S/C19H26O6/c1-9(2)11-5-6-19(23,8-20)18-15(11)16-13(24-4)7-12(22)14(10(3)21)17(16)25-18/h7,9,11,15,18,20,22-23H,5-6,8H2,1-4H3/t11-,15+,18-,19+/m0/s1. The molecule has 6 nitrogen and oxygen atoms in total. The van der Waals surface area contributed by atoms with Crippen LogP contribution in [0.15, 0.2) is 6.07 Å². The largest absolute Gasteiger partial charge is 0.507 e. The van der Waals surface area contributed by atoms with E-state index in [-0.39, 0.29) is 34.7 Å². The first-order chi connectivity index (χ1) is 11.7. The van der Waals surface area contributed by atoms with Crippen LogP contribution in [0.4, 0.5) is 0 Å². The lowest BCUT2D eigenvalue weighted by Crippen LogP contribution is -2.55. The van der Waals surface area contributed by atoms with Gasteiger partial charge in [0.15, 0.2) is 5.78 Å². The van der Waals surface area contributed by atoms with Gasteiger partial charge in [-0.1, -0.05) is 13.8 Å². The fourth-order valence-electron chi connectivity index (χ4n) is 4.47. The van der Waals surface area contributed by atoms with Crippen LogP contribution in [-0.4, -0.2) is 46.5 Å². The van der Waals surface area contributed by atoms with E-state index in [2.05, 4.69) is 13.8 Å². The highest BCUT2D eigenvalue weighted by atomic mass is 16.5. The summed E-state index contributed by atoms with van der Waals surface area (Å²) >= 11 is 0. The number of aliphatic hydroxyl groups is 2. The molecule has 0 aromatic heterocycles. The Morgan fingerprint density at radius 1 is 1.48 bits per heavy atom. The molecule has 1 fully saturated rings. The number of aromatic hydroxyl groups is 1. The van der Waals surface area contributed by atoms with Gasteiger partial charge in [0, 0.05) is 17.5 Å². The molecule has 6 heteroatoms. The Balaban J connectivity index is 2.25. The number of carbonyl (C=O) groups is 1. The van der Waals surface area contributed by atoms with Crippen LogP contribution < -0.4 is 9.47 Å². The summed E-state index contributed by atoms with van der Waals surface area (Å²) in [7, 11) is 1.50. The number of phenols is 1. The predicted molar refractivity (Wildman–Crippen MR) is 91.4 cm³/mol. The molecule has 4 atom stereocenters. The van der Waals surface area contributed by atoms with Crippen molar-refractivity contribution in [2.75, 3.05) is 13.7 Å². The molecule has 2 aliphatic rings. The fourth-order valence-corrected chi connectivity index (χ4v) is 4.47. The van der Waals surface area contributed by atoms with Crippen LogP contribution in [0.3, 0.4) is 0 Å². The smallest absolute Gasteiger partial charge is 0.167 e. The molecule has 1 aromatic carbocycles. The van der Waals surface area contributed by atoms with E-state index in [9.17, 15) is 20.1 Å². The zero-order chi connectivity index (χ0) is 18.5. The number of methoxy groups -OCH3 is 1. The summed E-state index contributed by atoms with van der Waals surface area (Å²) in [5.41, 5.74) is -0.571. The SMILES string of the molecule is COc1cc(O)c(C(C)=O)c2c1[C@H]1[C@H](C(C)C)CC[C@@](O)(CO)[C@H]1O2. The Labute approximate surface area is 147 Å². The second-order valence-electron chi connectivity index (χ2n) is 7.54. The first kappa shape index (κ1) is 18.0. The van der Waals surface area contributed by atoms with Gasteiger partial charge in [0.05, 0.1) is 13.7 Å². The summed E-state index contributed by atoms with van der Waals surface area (Å²) in [4.78, 5) is 12.1. The molecule has 0 amide bonds. The number of rotatable bonds is 4. The van der Waals surface area contributed by atoms with E-state index in [1.807, 2.05) is 0 Å². The summed E-state index contributed by atoms with van der Waals surface area (Å²) in [5, 5.41) is 31.0. The maximum absolute atomic E-state index is 12.1. The van der Waals surface area contributed by atoms with Crippen molar-refractivity contribution in [2.45, 2.75) is 51.2 Å². The molecule has 3 rings (SSSR count). The number of ether oxygens (including phenoxy) is 2. The average molecular weight is 350 g/mol. The highest BCUT2D eigenvalue weighted by Gasteiger charge is 2.56. The zero-order valence-electron chi connectivity index (χ0n) is 15.1. The third-order valence-corrected chi connectivity index (χ3v) is 5.77. The molecule has 0 unspecified atom stereocenters. The van der Waals surface area contributed by atoms with E-state index in [4.69, 9.17) is 9.47 Å². The van der Waals surface area contributed by atoms with Crippen molar-refractivity contribution in [3.8, 4) is 17.2 Å². The van der Waals surface area contributed by atoms with Gasteiger partial charge in [-0.05, 0) is 31.6 Å². The molecule has 1 aliphatic heterocycles. The second kappa shape index (κ2) is 6.18. The van der Waals surface area contributed by atoms with E-state index in [0.717, 1.165) is 6.42 Å². The van der Waals surface area contributed by atoms with Gasteiger partial charge in [0.25, 0.3) is 0 Å². The van der Waals surface area contributed by atoms with Crippen LogP contribution in [0.5, 0.6) is 17.2 Å². The number of benzene rings is 1. The van der Waals surface area contributed by atoms with Crippen LogP contribution in [0.1, 0.15) is 55.5 Å². The van der Waals surface area contributed by atoms with Crippen molar-refractivity contribution < 1.29 is 29.6 Å². The Morgan fingerprint density at radius 3 is 2.68 bits per heavy atom. The molecule has 1 saturated carbocycles. The van der Waals surface area contributed by atoms with Gasteiger partial charge in [0.2, 0.25) is 0 Å². The lowest BCUT2D eigenvalue weighted by molar-refractivity contribution is -0.129. The summed E-state index contributed by atoms with van der Waals surface area (Å²) in [6.07, 6.45) is 0.478. The molecule has 0 radical (unpaired) electrons. The predicted octanol–water partition coefficient (Wildman–Crippen LogP) is 2.24. The maximum Gasteiger partial charge on any atom is 0.167 e. The first-order valence-electron chi connectivity index (χ1n) is 8.69. The highest BCUT2D eigenvalue weighted by molar-refractivity contribution is 6.00. The van der Waals surface area contributed by atoms with Crippen LogP contribution in [0, 0.1) is 11.8 Å². The fraction of sp³-hybridized carbons (Fsp3) is 0.632. The minimum atomic E-state index is -1.39. The molecule has 1 aliphatic carbocycles. The average Bonchev–Trinajstić information content (AvgIpc) is 2.94. The number of phenolic OH excluding ortho intramolecular Hbond substituents is 1. The van der Waals surface area contributed by atoms with Crippen molar-refractivity contribution in [1.29, 1.82) is 0 Å². The lowest BCUT2D eigenvalue weighted by atomic mass is 9.64. The molecular weight excluding hydrogens is 324 g/mol. The van der Waals surface area contributed by atoms with Crippen LogP contribution in [0.2, 0.25) is 0 Å². The zero-order valence-corrected chi connectivity index (χ0v) is 15.1. The molecule has 0 saturated heterocycles. The number of fused-ring (bicyclic) bond motifs is 3. The van der Waals surface area contributed by atoms with Crippen molar-refractivity contribution in [3.05, 3.63) is 17.2 Å². The van der Waals surface area contributed by atoms with Crippen LogP contribution in [0.25, 0.3) is 0 Å². The monoisotopic (exact) mass is 350 g/mol. The van der Waals surface area contributed by atoms with Gasteiger partial charge >= 0.3 is 0 Å². The van der Waals surface area contributed by atoms with Crippen molar-refractivity contribution in [1.82, 2.24) is 0 Å². The van der Waals surface area contributed by atoms with E-state index < -0.39 is 18.3 Å². The Kier molecular flexibility index (Phi) is 4.45. The maximum atomic E-state index is 12.1. The lowest BCUT2D eigenvalue weighted by Gasteiger charge is -2.44. The third kappa shape index (κ3) is 2.59. The normalized spacial score (nSPS) is 30.6. The molecule has 1 heterocycles. The molecular formula is C19H26O6. The van der Waals surface area contributed by atoms with Gasteiger partial charge in [-0.25, -0.2) is 0 Å². The quantitative estimate of drug-likeness (QED) is 0.721. The van der Waals surface area contributed by atoms with Gasteiger partial charge < -0.3 is 24.8 Å². The molecule has 138 valence electrons. The topological polar surface area (TPSA) is 96.2 Å². The number of carbonyl (C=O) groups excluding carboxylic acids is 1. The Hall–Kier alpha value is -1.79. The molecule has 1 aromatic rings. The van der Waals surface area contributed by atoms with E-state index in [1.165, 1.54) is 20.1 Å². The summed E-state index contributed by atoms with van der Waals surface area (Å²) in [5.74, 6) is 0.520. The number of Topliss-reactive ketones (excluding diaryl/α,β-unsaturated/α-hetero) is 1. The highest BCUT2D eigenvalue weighted by Crippen LogP contribution is 2.58. The summed E-state index contributed by atoms with van der Waals surface area (Å²) in [6.45, 7) is 5.17. The van der Waals surface area contributed by atoms with Gasteiger partial charge in [-0.2, -0.15) is 0 Å². The van der Waals surface area contributed by atoms with Crippen LogP contribution >= 0.6 is 0 Å². The number of hydrogen-bond donors (Lipinski definition) is 3. The number of hydrogen-bond acceptors (Lipinski definition) is 6. The summed E-state index contributed by atoms with van der Waals surface area (Å²) in [6, 6.07) is 1.44. The number of aliphatic hydroxyl groups excluding tert-OH is 1. The van der Waals surface area contributed by atoms with Crippen LogP contribution in [-0.2, 0) is 0 Å². The Bertz CT molecular complexity index is 698. The summed E-state index contributed by atoms with van der Waals surface area (Å²) < 4.78 is 11.5. The van der Waals surface area contributed by atoms with Gasteiger partial charge in [0.1, 0.15) is 34.5 Å². The van der Waals surface area contributed by atoms with E-state index in [1.54, 1.807) is 0 Å². The van der Waals surface area contributed by atoms with Gasteiger partial charge in [-0.15, -0.1) is 0 Å². The number of ketones is 1. The third-order valence-electron chi connectivity index (χ3n) is 5.77. The Morgan fingerprint density at radius 2 is 2.16 bits per heavy atom. The van der Waals surface area contributed by atoms with Crippen molar-refractivity contribution >= 4 is 5.78 Å². The first-order valence-corrected chi connectivity index (χ1v) is 8.69. The minimum absolute atomic E-state index is 0.105. The van der Waals surface area contributed by atoms with Crippen molar-refractivity contribution in [3.63, 3.8) is 0 Å². The van der Waals surface area contributed by atoms with E-state index >= 15 is 0 Å². The molecule has 25 heavy (non-hydrogen) atoms. The molecule has 0 bridgehead atoms. The molecule has 0 spiro atoms. The molecule has 3 N–H and O–H groups in total. The van der Waals surface area contributed by atoms with E-state index in [0.29, 0.717) is 23.7 Å².